The number of aromatic nitrogens is 1. The average molecular weight is 310 g/mol. The van der Waals surface area contributed by atoms with E-state index in [0.717, 1.165) is 15.7 Å². The van der Waals surface area contributed by atoms with Gasteiger partial charge >= 0.3 is 0 Å². The second kappa shape index (κ2) is 6.87. The molecule has 1 aromatic carbocycles. The van der Waals surface area contributed by atoms with Crippen molar-refractivity contribution in [3.63, 3.8) is 0 Å². The normalized spacial score (nSPS) is 10.2. The van der Waals surface area contributed by atoms with E-state index in [1.54, 1.807) is 24.4 Å². The molecular weight excluding hydrogens is 296 g/mol. The minimum Gasteiger partial charge on any atom is -0.447 e. The lowest BCUT2D eigenvalue weighted by Gasteiger charge is -2.03. The van der Waals surface area contributed by atoms with Crippen LogP contribution in [0.1, 0.15) is 15.4 Å². The van der Waals surface area contributed by atoms with Crippen LogP contribution in [0.3, 0.4) is 0 Å². The molecule has 0 aliphatic rings. The fourth-order valence-electron chi connectivity index (χ4n) is 1.87. The van der Waals surface area contributed by atoms with Gasteiger partial charge in [0.2, 0.25) is 0 Å². The van der Waals surface area contributed by atoms with Crippen molar-refractivity contribution in [3.8, 4) is 10.8 Å². The van der Waals surface area contributed by atoms with Crippen LogP contribution >= 0.6 is 11.3 Å². The van der Waals surface area contributed by atoms with Crippen LogP contribution < -0.4 is 10.1 Å². The van der Waals surface area contributed by atoms with E-state index in [4.69, 9.17) is 4.74 Å². The van der Waals surface area contributed by atoms with Gasteiger partial charge in [-0.25, -0.2) is 0 Å². The van der Waals surface area contributed by atoms with Crippen molar-refractivity contribution < 1.29 is 9.53 Å². The van der Waals surface area contributed by atoms with Crippen molar-refractivity contribution in [2.75, 3.05) is 0 Å². The Morgan fingerprint density at radius 2 is 1.86 bits per heavy atom. The van der Waals surface area contributed by atoms with Crippen LogP contribution in [-0.4, -0.2) is 10.9 Å². The lowest BCUT2D eigenvalue weighted by molar-refractivity contribution is 0.0946. The zero-order valence-electron chi connectivity index (χ0n) is 11.7. The highest BCUT2D eigenvalue weighted by atomic mass is 32.1. The average Bonchev–Trinajstić information content (AvgIpc) is 3.02. The standard InChI is InChI=1S/C17H14N2O2S/c20-17(15-8-4-5-11-18-15)19-12-14-9-10-16(22-14)21-13-6-2-1-3-7-13/h1-11H,12H2,(H,19,20). The summed E-state index contributed by atoms with van der Waals surface area (Å²) in [5.74, 6) is 0.618. The first-order chi connectivity index (χ1) is 10.8. The van der Waals surface area contributed by atoms with Crippen LogP contribution in [-0.2, 0) is 6.54 Å². The van der Waals surface area contributed by atoms with Gasteiger partial charge in [-0.15, -0.1) is 11.3 Å². The summed E-state index contributed by atoms with van der Waals surface area (Å²) < 4.78 is 5.74. The molecule has 110 valence electrons. The molecule has 3 rings (SSSR count). The van der Waals surface area contributed by atoms with Gasteiger partial charge in [-0.2, -0.15) is 0 Å². The number of pyridine rings is 1. The second-order valence-corrected chi connectivity index (χ2v) is 5.66. The molecular formula is C17H14N2O2S. The zero-order valence-corrected chi connectivity index (χ0v) is 12.5. The number of carbonyl (C=O) groups is 1. The Labute approximate surface area is 132 Å². The van der Waals surface area contributed by atoms with Gasteiger partial charge in [-0.1, -0.05) is 24.3 Å². The minimum absolute atomic E-state index is 0.181. The number of ether oxygens (including phenoxy) is 1. The maximum absolute atomic E-state index is 11.9. The Hall–Kier alpha value is -2.66. The second-order valence-electron chi connectivity index (χ2n) is 4.53. The van der Waals surface area contributed by atoms with Crippen LogP contribution in [0.2, 0.25) is 0 Å². The number of para-hydroxylation sites is 1. The van der Waals surface area contributed by atoms with Gasteiger partial charge in [0.1, 0.15) is 11.4 Å². The van der Waals surface area contributed by atoms with Gasteiger partial charge in [0.15, 0.2) is 5.06 Å². The number of rotatable bonds is 5. The first-order valence-corrected chi connectivity index (χ1v) is 7.64. The summed E-state index contributed by atoms with van der Waals surface area (Å²) >= 11 is 1.51. The molecule has 1 amide bonds. The van der Waals surface area contributed by atoms with E-state index in [1.807, 2.05) is 42.5 Å². The van der Waals surface area contributed by atoms with E-state index < -0.39 is 0 Å². The summed E-state index contributed by atoms with van der Waals surface area (Å²) in [6.45, 7) is 0.457. The molecule has 0 spiro atoms. The predicted octanol–water partition coefficient (Wildman–Crippen LogP) is 3.87. The summed E-state index contributed by atoms with van der Waals surface area (Å²) in [6.07, 6.45) is 1.60. The molecule has 4 nitrogen and oxygen atoms in total. The van der Waals surface area contributed by atoms with Crippen LogP contribution in [0.5, 0.6) is 10.8 Å². The maximum Gasteiger partial charge on any atom is 0.270 e. The van der Waals surface area contributed by atoms with E-state index in [1.165, 1.54) is 11.3 Å². The van der Waals surface area contributed by atoms with E-state index in [0.29, 0.717) is 12.2 Å². The predicted molar refractivity (Wildman–Crippen MR) is 86.2 cm³/mol. The number of benzene rings is 1. The molecule has 3 aromatic rings. The van der Waals surface area contributed by atoms with E-state index in [-0.39, 0.29) is 5.91 Å². The Morgan fingerprint density at radius 1 is 1.05 bits per heavy atom. The summed E-state index contributed by atoms with van der Waals surface area (Å²) in [5, 5.41) is 3.65. The molecule has 2 aromatic heterocycles. The van der Waals surface area contributed by atoms with Crippen LogP contribution in [0.25, 0.3) is 0 Å². The molecule has 0 aliphatic heterocycles. The number of thiophene rings is 1. The number of hydrogen-bond acceptors (Lipinski definition) is 4. The van der Waals surface area contributed by atoms with Crippen molar-refractivity contribution in [2.45, 2.75) is 6.54 Å². The third-order valence-corrected chi connectivity index (χ3v) is 3.88. The number of carbonyl (C=O) groups excluding carboxylic acids is 1. The first-order valence-electron chi connectivity index (χ1n) is 6.82. The third kappa shape index (κ3) is 3.71. The van der Waals surface area contributed by atoms with Gasteiger partial charge in [0, 0.05) is 11.1 Å². The highest BCUT2D eigenvalue weighted by Crippen LogP contribution is 2.29. The summed E-state index contributed by atoms with van der Waals surface area (Å²) in [5.41, 5.74) is 0.416. The molecule has 0 bridgehead atoms. The van der Waals surface area contributed by atoms with Crippen LogP contribution in [0, 0.1) is 0 Å². The largest absolute Gasteiger partial charge is 0.447 e. The Bertz CT molecular complexity index is 742. The van der Waals surface area contributed by atoms with Gasteiger partial charge in [-0.05, 0) is 36.4 Å². The van der Waals surface area contributed by atoms with Crippen molar-refractivity contribution in [1.29, 1.82) is 0 Å². The fraction of sp³-hybridized carbons (Fsp3) is 0.0588. The quantitative estimate of drug-likeness (QED) is 0.778. The molecule has 0 saturated heterocycles. The lowest BCUT2D eigenvalue weighted by Crippen LogP contribution is -2.23. The monoisotopic (exact) mass is 310 g/mol. The third-order valence-electron chi connectivity index (χ3n) is 2.92. The zero-order chi connectivity index (χ0) is 15.2. The number of nitrogens with zero attached hydrogens (tertiary/aromatic N) is 1. The highest BCUT2D eigenvalue weighted by Gasteiger charge is 2.07. The van der Waals surface area contributed by atoms with Crippen molar-refractivity contribution in [1.82, 2.24) is 10.3 Å². The molecule has 0 atom stereocenters. The maximum atomic E-state index is 11.9. The van der Waals surface area contributed by atoms with Crippen molar-refractivity contribution >= 4 is 17.2 Å². The van der Waals surface area contributed by atoms with Gasteiger partial charge in [-0.3, -0.25) is 9.78 Å². The van der Waals surface area contributed by atoms with Crippen molar-refractivity contribution in [3.05, 3.63) is 77.4 Å². The summed E-state index contributed by atoms with van der Waals surface area (Å²) in [7, 11) is 0. The first kappa shape index (κ1) is 14.3. The van der Waals surface area contributed by atoms with E-state index in [2.05, 4.69) is 10.3 Å². The number of amides is 1. The summed E-state index contributed by atoms with van der Waals surface area (Å²) in [4.78, 5) is 17.0. The molecule has 22 heavy (non-hydrogen) atoms. The van der Waals surface area contributed by atoms with Crippen LogP contribution in [0.15, 0.2) is 66.9 Å². The molecule has 0 aliphatic carbocycles. The van der Waals surface area contributed by atoms with Gasteiger partial charge in [0.25, 0.3) is 5.91 Å². The van der Waals surface area contributed by atoms with E-state index in [9.17, 15) is 4.79 Å². The van der Waals surface area contributed by atoms with Gasteiger partial charge < -0.3 is 10.1 Å². The SMILES string of the molecule is O=C(NCc1ccc(Oc2ccccc2)s1)c1ccccn1. The smallest absolute Gasteiger partial charge is 0.270 e. The fourth-order valence-corrected chi connectivity index (χ4v) is 2.68. The van der Waals surface area contributed by atoms with Crippen LogP contribution in [0.4, 0.5) is 0 Å². The minimum atomic E-state index is -0.181. The topological polar surface area (TPSA) is 51.2 Å². The molecule has 0 fully saturated rings. The Morgan fingerprint density at radius 3 is 2.64 bits per heavy atom. The highest BCUT2D eigenvalue weighted by molar-refractivity contribution is 7.13. The molecule has 0 unspecified atom stereocenters. The number of nitrogens with one attached hydrogen (secondary N) is 1. The molecule has 0 saturated carbocycles. The summed E-state index contributed by atoms with van der Waals surface area (Å²) in [6, 6.07) is 18.7. The molecule has 1 N–H and O–H groups in total. The Kier molecular flexibility index (Phi) is 4.46. The lowest BCUT2D eigenvalue weighted by atomic mass is 10.3. The molecule has 5 heteroatoms. The Balaban J connectivity index is 1.57. The molecule has 0 radical (unpaired) electrons. The van der Waals surface area contributed by atoms with Crippen molar-refractivity contribution in [2.24, 2.45) is 0 Å². The van der Waals surface area contributed by atoms with Gasteiger partial charge in [0.05, 0.1) is 6.54 Å². The van der Waals surface area contributed by atoms with E-state index >= 15 is 0 Å². The number of hydrogen-bond donors (Lipinski definition) is 1. The molecule has 2 heterocycles.